The lowest BCUT2D eigenvalue weighted by atomic mass is 10.2. The van der Waals surface area contributed by atoms with E-state index in [1.807, 2.05) is 12.1 Å². The summed E-state index contributed by atoms with van der Waals surface area (Å²) >= 11 is 0. The molecule has 0 atom stereocenters. The van der Waals surface area contributed by atoms with Crippen LogP contribution in [0.5, 0.6) is 0 Å². The van der Waals surface area contributed by atoms with Gasteiger partial charge in [-0.3, -0.25) is 14.2 Å². The first-order valence-corrected chi connectivity index (χ1v) is 11.5. The van der Waals surface area contributed by atoms with Crippen LogP contribution in [0.3, 0.4) is 0 Å². The quantitative estimate of drug-likeness (QED) is 0.398. The molecule has 1 amide bonds. The number of piperazine rings is 1. The molecule has 0 spiro atoms. The number of amides is 1. The topological polar surface area (TPSA) is 121 Å². The highest BCUT2D eigenvalue weighted by Gasteiger charge is 2.15. The van der Waals surface area contributed by atoms with Gasteiger partial charge in [0.2, 0.25) is 11.9 Å². The Bertz CT molecular complexity index is 1480. The molecule has 1 aliphatic rings. The lowest BCUT2D eigenvalue weighted by Crippen LogP contribution is -2.44. The van der Waals surface area contributed by atoms with Gasteiger partial charge < -0.3 is 20.4 Å². The molecule has 182 valence electrons. The van der Waals surface area contributed by atoms with E-state index in [0.717, 1.165) is 37.9 Å². The number of hydrogen-bond donors (Lipinski definition) is 2. The zero-order valence-electron chi connectivity index (χ0n) is 19.8. The number of fused-ring (bicyclic) bond motifs is 1. The number of nitrogens with one attached hydrogen (secondary N) is 2. The number of likely N-dealkylation sites (N-methyl/N-ethyl adjacent to an activating group) is 1. The maximum absolute atomic E-state index is 12.4. The fraction of sp³-hybridized carbons (Fsp3) is 0.200. The molecule has 0 aliphatic carbocycles. The number of carbonyl (C=O) groups excluding carboxylic acids is 1. The van der Waals surface area contributed by atoms with E-state index in [2.05, 4.69) is 66.1 Å². The standard InChI is InChI=1S/C25H25N9O2/c1-3-22(35)30-20-5-4-6-21(29-20)34-16-27-24(36)19-15-26-25(31-23(19)34)28-17-7-9-18(10-8-17)33-13-11-32(2)12-14-33/h3-10,15-16H,1,11-14H2,2H3,(H,26,28,31)(H,29,30,35). The van der Waals surface area contributed by atoms with Gasteiger partial charge in [-0.2, -0.15) is 9.97 Å². The van der Waals surface area contributed by atoms with Crippen LogP contribution in [0.4, 0.5) is 23.1 Å². The van der Waals surface area contributed by atoms with Crippen molar-refractivity contribution >= 4 is 40.1 Å². The van der Waals surface area contributed by atoms with Crippen molar-refractivity contribution in [2.24, 2.45) is 0 Å². The van der Waals surface area contributed by atoms with Gasteiger partial charge in [0.1, 0.15) is 23.3 Å². The maximum Gasteiger partial charge on any atom is 0.283 e. The van der Waals surface area contributed by atoms with Crippen LogP contribution in [0, 0.1) is 0 Å². The van der Waals surface area contributed by atoms with Gasteiger partial charge in [-0.25, -0.2) is 9.97 Å². The third-order valence-electron chi connectivity index (χ3n) is 5.93. The largest absolute Gasteiger partial charge is 0.369 e. The number of benzene rings is 1. The van der Waals surface area contributed by atoms with E-state index in [-0.39, 0.29) is 11.3 Å². The predicted octanol–water partition coefficient (Wildman–Crippen LogP) is 2.19. The molecule has 4 heterocycles. The van der Waals surface area contributed by atoms with Crippen LogP contribution in [-0.2, 0) is 4.79 Å². The van der Waals surface area contributed by atoms with E-state index in [9.17, 15) is 9.59 Å². The summed E-state index contributed by atoms with van der Waals surface area (Å²) in [7, 11) is 2.14. The number of carbonyl (C=O) groups is 1. The molecule has 4 aromatic rings. The van der Waals surface area contributed by atoms with Gasteiger partial charge in [0, 0.05) is 43.8 Å². The number of nitrogens with zero attached hydrogens (tertiary/aromatic N) is 7. The Morgan fingerprint density at radius 3 is 2.56 bits per heavy atom. The Balaban J connectivity index is 1.43. The maximum atomic E-state index is 12.4. The van der Waals surface area contributed by atoms with Gasteiger partial charge in [-0.1, -0.05) is 12.6 Å². The highest BCUT2D eigenvalue weighted by atomic mass is 16.1. The zero-order chi connectivity index (χ0) is 25.1. The lowest BCUT2D eigenvalue weighted by Gasteiger charge is -2.34. The van der Waals surface area contributed by atoms with Gasteiger partial charge in [-0.05, 0) is 49.5 Å². The summed E-state index contributed by atoms with van der Waals surface area (Å²) in [5.41, 5.74) is 1.88. The van der Waals surface area contributed by atoms with E-state index in [4.69, 9.17) is 0 Å². The zero-order valence-corrected chi connectivity index (χ0v) is 19.8. The SMILES string of the molecule is C=CC(=O)Nc1cccc(-n2cnc(=O)c3cnc(Nc4ccc(N5CCN(C)CC5)cc4)nc32)n1. The number of pyridine rings is 1. The van der Waals surface area contributed by atoms with Crippen molar-refractivity contribution < 1.29 is 4.79 Å². The molecule has 1 aromatic carbocycles. The highest BCUT2D eigenvalue weighted by Crippen LogP contribution is 2.22. The Kier molecular flexibility index (Phi) is 6.37. The molecule has 1 fully saturated rings. The van der Waals surface area contributed by atoms with Crippen molar-refractivity contribution in [2.45, 2.75) is 0 Å². The van der Waals surface area contributed by atoms with Gasteiger partial charge >= 0.3 is 0 Å². The second kappa shape index (κ2) is 9.92. The van der Waals surface area contributed by atoms with Crippen molar-refractivity contribution in [2.75, 3.05) is 48.8 Å². The minimum absolute atomic E-state index is 0.246. The number of rotatable bonds is 6. The van der Waals surface area contributed by atoms with Crippen molar-refractivity contribution in [3.05, 3.63) is 78.0 Å². The normalized spacial score (nSPS) is 14.0. The van der Waals surface area contributed by atoms with Crippen LogP contribution < -0.4 is 21.1 Å². The summed E-state index contributed by atoms with van der Waals surface area (Å²) < 4.78 is 1.57. The summed E-state index contributed by atoms with van der Waals surface area (Å²) in [6, 6.07) is 13.2. The molecule has 0 saturated carbocycles. The van der Waals surface area contributed by atoms with Crippen molar-refractivity contribution in [1.82, 2.24) is 29.4 Å². The van der Waals surface area contributed by atoms with Crippen molar-refractivity contribution in [3.8, 4) is 5.82 Å². The van der Waals surface area contributed by atoms with Crippen molar-refractivity contribution in [3.63, 3.8) is 0 Å². The second-order valence-corrected chi connectivity index (χ2v) is 8.39. The third kappa shape index (κ3) is 4.91. The Hall–Kier alpha value is -4.64. The lowest BCUT2D eigenvalue weighted by molar-refractivity contribution is -0.111. The Morgan fingerprint density at radius 1 is 1.03 bits per heavy atom. The van der Waals surface area contributed by atoms with Crippen LogP contribution in [0.25, 0.3) is 16.9 Å². The van der Waals surface area contributed by atoms with Gasteiger partial charge in [0.25, 0.3) is 5.56 Å². The Labute approximate surface area is 207 Å². The van der Waals surface area contributed by atoms with E-state index < -0.39 is 5.56 Å². The minimum atomic E-state index is -0.444. The predicted molar refractivity (Wildman–Crippen MR) is 139 cm³/mol. The molecular weight excluding hydrogens is 458 g/mol. The van der Waals surface area contributed by atoms with Crippen LogP contribution in [-0.4, -0.2) is 68.5 Å². The van der Waals surface area contributed by atoms with Crippen LogP contribution >= 0.6 is 0 Å². The third-order valence-corrected chi connectivity index (χ3v) is 5.93. The molecule has 0 bridgehead atoms. The summed E-state index contributed by atoms with van der Waals surface area (Å²) in [6.45, 7) is 7.52. The Morgan fingerprint density at radius 2 is 1.81 bits per heavy atom. The molecule has 1 aliphatic heterocycles. The van der Waals surface area contributed by atoms with E-state index >= 15 is 0 Å². The number of aromatic nitrogens is 5. The van der Waals surface area contributed by atoms with Gasteiger partial charge in [0.05, 0.1) is 0 Å². The molecular formula is C25H25N9O2. The molecule has 36 heavy (non-hydrogen) atoms. The molecule has 0 unspecified atom stereocenters. The van der Waals surface area contributed by atoms with Crippen LogP contribution in [0.2, 0.25) is 0 Å². The summed E-state index contributed by atoms with van der Waals surface area (Å²) in [4.78, 5) is 46.0. The summed E-state index contributed by atoms with van der Waals surface area (Å²) in [5.74, 6) is 0.702. The molecule has 11 heteroatoms. The highest BCUT2D eigenvalue weighted by molar-refractivity contribution is 5.98. The van der Waals surface area contributed by atoms with E-state index in [0.29, 0.717) is 23.2 Å². The van der Waals surface area contributed by atoms with Gasteiger partial charge in [-0.15, -0.1) is 0 Å². The molecule has 11 nitrogen and oxygen atoms in total. The summed E-state index contributed by atoms with van der Waals surface area (Å²) in [5, 5.41) is 6.07. The first-order valence-electron chi connectivity index (χ1n) is 11.5. The molecule has 5 rings (SSSR count). The van der Waals surface area contributed by atoms with E-state index in [1.165, 1.54) is 18.2 Å². The fourth-order valence-corrected chi connectivity index (χ4v) is 3.92. The van der Waals surface area contributed by atoms with Gasteiger partial charge in [0.15, 0.2) is 5.65 Å². The van der Waals surface area contributed by atoms with Crippen molar-refractivity contribution in [1.29, 1.82) is 0 Å². The van der Waals surface area contributed by atoms with E-state index in [1.54, 1.807) is 22.8 Å². The van der Waals surface area contributed by atoms with Crippen LogP contribution in [0.15, 0.2) is 72.4 Å². The average molecular weight is 484 g/mol. The molecule has 2 N–H and O–H groups in total. The first-order chi connectivity index (χ1) is 17.5. The molecule has 3 aromatic heterocycles. The monoisotopic (exact) mass is 483 g/mol. The fourth-order valence-electron chi connectivity index (χ4n) is 3.92. The van der Waals surface area contributed by atoms with Crippen LogP contribution in [0.1, 0.15) is 0 Å². The minimum Gasteiger partial charge on any atom is -0.369 e. The summed E-state index contributed by atoms with van der Waals surface area (Å²) in [6.07, 6.45) is 3.96. The smallest absolute Gasteiger partial charge is 0.283 e. The first kappa shape index (κ1) is 23.1. The molecule has 1 saturated heterocycles. The number of anilines is 4. The second-order valence-electron chi connectivity index (χ2n) is 8.39. The molecule has 0 radical (unpaired) electrons. The number of hydrogen-bond acceptors (Lipinski definition) is 9. The average Bonchev–Trinajstić information content (AvgIpc) is 2.90.